The maximum absolute atomic E-state index is 12.4. The van der Waals surface area contributed by atoms with Gasteiger partial charge >= 0.3 is 12.1 Å². The number of carboxylic acid groups (broad SMARTS) is 1. The zero-order valence-corrected chi connectivity index (χ0v) is 13.2. The number of carbonyl (C=O) groups is 2. The number of carboxylic acids is 1. The Labute approximate surface area is 136 Å². The minimum Gasteiger partial charge on any atom is -0.480 e. The van der Waals surface area contributed by atoms with Crippen molar-refractivity contribution in [2.45, 2.75) is 51.2 Å². The van der Waals surface area contributed by atoms with Crippen LogP contribution in [0.5, 0.6) is 0 Å². The summed E-state index contributed by atoms with van der Waals surface area (Å²) in [6.45, 7) is 0.653. The average molecular weight is 317 g/mol. The number of aliphatic carboxylic acids is 1. The van der Waals surface area contributed by atoms with Crippen molar-refractivity contribution >= 4 is 12.1 Å². The summed E-state index contributed by atoms with van der Waals surface area (Å²) in [6.07, 6.45) is 5.31. The highest BCUT2D eigenvalue weighted by molar-refractivity contribution is 5.82. The van der Waals surface area contributed by atoms with Gasteiger partial charge in [0.2, 0.25) is 0 Å². The van der Waals surface area contributed by atoms with Gasteiger partial charge in [0.15, 0.2) is 0 Å². The number of benzene rings is 1. The maximum Gasteiger partial charge on any atom is 0.410 e. The predicted molar refractivity (Wildman–Crippen MR) is 84.9 cm³/mol. The number of amides is 1. The molecule has 1 amide bonds. The normalized spacial score (nSPS) is 23.0. The molecule has 23 heavy (non-hydrogen) atoms. The molecular formula is C18H23NO4. The number of likely N-dealkylation sites (tertiary alicyclic amines) is 1. The maximum atomic E-state index is 12.4. The van der Waals surface area contributed by atoms with Gasteiger partial charge in [-0.05, 0) is 24.8 Å². The molecule has 5 heteroatoms. The number of rotatable bonds is 3. The molecule has 2 fully saturated rings. The van der Waals surface area contributed by atoms with E-state index in [0.717, 1.165) is 44.1 Å². The van der Waals surface area contributed by atoms with Crippen molar-refractivity contribution in [3.63, 3.8) is 0 Å². The number of nitrogens with zero attached hydrogens (tertiary/aromatic N) is 1. The van der Waals surface area contributed by atoms with Crippen LogP contribution in [0.1, 0.15) is 44.1 Å². The SMILES string of the molecule is O=C(O)C1N(C(=O)OCc2ccccc2)CCC12CCCCC2. The highest BCUT2D eigenvalue weighted by Crippen LogP contribution is 2.48. The molecule has 1 saturated carbocycles. The number of hydrogen-bond acceptors (Lipinski definition) is 3. The molecule has 1 unspecified atom stereocenters. The molecule has 1 aromatic rings. The van der Waals surface area contributed by atoms with Gasteiger partial charge in [-0.2, -0.15) is 0 Å². The number of hydrogen-bond donors (Lipinski definition) is 1. The van der Waals surface area contributed by atoms with Crippen molar-refractivity contribution in [1.29, 1.82) is 0 Å². The zero-order valence-electron chi connectivity index (χ0n) is 13.2. The molecule has 3 rings (SSSR count). The van der Waals surface area contributed by atoms with E-state index in [4.69, 9.17) is 4.74 Å². The van der Waals surface area contributed by atoms with Crippen molar-refractivity contribution in [2.75, 3.05) is 6.54 Å². The zero-order chi connectivity index (χ0) is 16.3. The molecule has 2 aliphatic rings. The summed E-state index contributed by atoms with van der Waals surface area (Å²) in [5.74, 6) is -0.902. The van der Waals surface area contributed by atoms with Crippen molar-refractivity contribution in [1.82, 2.24) is 4.90 Å². The van der Waals surface area contributed by atoms with Gasteiger partial charge in [-0.3, -0.25) is 4.90 Å². The molecule has 1 N–H and O–H groups in total. The molecule has 1 aromatic carbocycles. The molecule has 5 nitrogen and oxygen atoms in total. The second kappa shape index (κ2) is 6.60. The average Bonchev–Trinajstić information content (AvgIpc) is 2.93. The molecule has 0 radical (unpaired) electrons. The third kappa shape index (κ3) is 3.19. The van der Waals surface area contributed by atoms with E-state index >= 15 is 0 Å². The van der Waals surface area contributed by atoms with Crippen LogP contribution in [0, 0.1) is 5.41 Å². The quantitative estimate of drug-likeness (QED) is 0.927. The summed E-state index contributed by atoms with van der Waals surface area (Å²) in [5, 5.41) is 9.69. The lowest BCUT2D eigenvalue weighted by Crippen LogP contribution is -2.48. The van der Waals surface area contributed by atoms with Crippen LogP contribution in [0.15, 0.2) is 30.3 Å². The van der Waals surface area contributed by atoms with Crippen LogP contribution in [0.2, 0.25) is 0 Å². The first kappa shape index (κ1) is 15.8. The fourth-order valence-corrected chi connectivity index (χ4v) is 4.11. The van der Waals surface area contributed by atoms with E-state index in [-0.39, 0.29) is 12.0 Å². The smallest absolute Gasteiger partial charge is 0.410 e. The van der Waals surface area contributed by atoms with Crippen molar-refractivity contribution in [2.24, 2.45) is 5.41 Å². The van der Waals surface area contributed by atoms with Crippen LogP contribution in [0.4, 0.5) is 4.79 Å². The number of carbonyl (C=O) groups excluding carboxylic acids is 1. The minimum atomic E-state index is -0.902. The summed E-state index contributed by atoms with van der Waals surface area (Å²) in [5.41, 5.74) is 0.648. The van der Waals surface area contributed by atoms with Gasteiger partial charge in [-0.25, -0.2) is 9.59 Å². The van der Waals surface area contributed by atoms with Gasteiger partial charge in [0, 0.05) is 12.0 Å². The Kier molecular flexibility index (Phi) is 4.55. The second-order valence-corrected chi connectivity index (χ2v) is 6.65. The first-order chi connectivity index (χ1) is 11.1. The van der Waals surface area contributed by atoms with Crippen LogP contribution in [0.25, 0.3) is 0 Å². The predicted octanol–water partition coefficient (Wildman–Crippen LogP) is 3.43. The summed E-state index contributed by atoms with van der Waals surface area (Å²) in [7, 11) is 0. The molecule has 1 atom stereocenters. The molecule has 1 saturated heterocycles. The summed E-state index contributed by atoms with van der Waals surface area (Å²) in [6, 6.07) is 8.69. The molecule has 124 valence electrons. The van der Waals surface area contributed by atoms with E-state index in [1.807, 2.05) is 30.3 Å². The third-order valence-electron chi connectivity index (χ3n) is 5.27. The van der Waals surface area contributed by atoms with Gasteiger partial charge in [0.05, 0.1) is 0 Å². The van der Waals surface area contributed by atoms with E-state index in [1.54, 1.807) is 0 Å². The van der Waals surface area contributed by atoms with Crippen LogP contribution < -0.4 is 0 Å². The first-order valence-electron chi connectivity index (χ1n) is 8.32. The number of ether oxygens (including phenoxy) is 1. The van der Waals surface area contributed by atoms with Crippen LogP contribution >= 0.6 is 0 Å². The van der Waals surface area contributed by atoms with Gasteiger partial charge < -0.3 is 9.84 Å². The Bertz CT molecular complexity index is 566. The van der Waals surface area contributed by atoms with Crippen LogP contribution in [-0.2, 0) is 16.1 Å². The summed E-state index contributed by atoms with van der Waals surface area (Å²) in [4.78, 5) is 25.6. The summed E-state index contributed by atoms with van der Waals surface area (Å²) >= 11 is 0. The molecule has 1 aliphatic heterocycles. The molecule has 1 spiro atoms. The Morgan fingerprint density at radius 3 is 2.48 bits per heavy atom. The fourth-order valence-electron chi connectivity index (χ4n) is 4.11. The monoisotopic (exact) mass is 317 g/mol. The van der Waals surface area contributed by atoms with E-state index in [1.165, 1.54) is 4.90 Å². The van der Waals surface area contributed by atoms with Gasteiger partial charge in [-0.1, -0.05) is 49.6 Å². The topological polar surface area (TPSA) is 66.8 Å². The Morgan fingerprint density at radius 2 is 1.83 bits per heavy atom. The Balaban J connectivity index is 1.68. The molecular weight excluding hydrogens is 294 g/mol. The van der Waals surface area contributed by atoms with Gasteiger partial charge in [-0.15, -0.1) is 0 Å². The van der Waals surface area contributed by atoms with Crippen molar-refractivity contribution < 1.29 is 19.4 Å². The highest BCUT2D eigenvalue weighted by atomic mass is 16.6. The van der Waals surface area contributed by atoms with Crippen molar-refractivity contribution in [3.05, 3.63) is 35.9 Å². The third-order valence-corrected chi connectivity index (χ3v) is 5.27. The lowest BCUT2D eigenvalue weighted by atomic mass is 9.69. The van der Waals surface area contributed by atoms with E-state index in [2.05, 4.69) is 0 Å². The molecule has 0 aromatic heterocycles. The van der Waals surface area contributed by atoms with E-state index < -0.39 is 18.1 Å². The second-order valence-electron chi connectivity index (χ2n) is 6.65. The van der Waals surface area contributed by atoms with Crippen LogP contribution in [0.3, 0.4) is 0 Å². The Morgan fingerprint density at radius 1 is 1.13 bits per heavy atom. The minimum absolute atomic E-state index is 0.176. The van der Waals surface area contributed by atoms with Crippen molar-refractivity contribution in [3.8, 4) is 0 Å². The van der Waals surface area contributed by atoms with Crippen LogP contribution in [-0.4, -0.2) is 34.7 Å². The standard InChI is InChI=1S/C18H23NO4/c20-16(21)15-18(9-5-2-6-10-18)11-12-19(15)17(22)23-13-14-7-3-1-4-8-14/h1,3-4,7-8,15H,2,5-6,9-13H2,(H,20,21). The fraction of sp³-hybridized carbons (Fsp3) is 0.556. The lowest BCUT2D eigenvalue weighted by Gasteiger charge is -2.38. The lowest BCUT2D eigenvalue weighted by molar-refractivity contribution is -0.146. The molecule has 0 bridgehead atoms. The Hall–Kier alpha value is -2.04. The van der Waals surface area contributed by atoms with Gasteiger partial charge in [0.25, 0.3) is 0 Å². The van der Waals surface area contributed by atoms with E-state index in [0.29, 0.717) is 6.54 Å². The van der Waals surface area contributed by atoms with E-state index in [9.17, 15) is 14.7 Å². The highest BCUT2D eigenvalue weighted by Gasteiger charge is 2.53. The van der Waals surface area contributed by atoms with Gasteiger partial charge in [0.1, 0.15) is 12.6 Å². The molecule has 1 aliphatic carbocycles. The largest absolute Gasteiger partial charge is 0.480 e. The first-order valence-corrected chi connectivity index (χ1v) is 8.32. The molecule has 1 heterocycles. The summed E-state index contributed by atoms with van der Waals surface area (Å²) < 4.78 is 5.35.